The van der Waals surface area contributed by atoms with E-state index < -0.39 is 16.1 Å². The predicted octanol–water partition coefficient (Wildman–Crippen LogP) is 3.59. The molecular weight excluding hydrogens is 534 g/mol. The van der Waals surface area contributed by atoms with Crippen LogP contribution in [0.4, 0.5) is 5.69 Å². The fraction of sp³-hybridized carbons (Fsp3) is 0.517. The Kier molecular flexibility index (Phi) is 11.1. The van der Waals surface area contributed by atoms with Gasteiger partial charge >= 0.3 is 0 Å². The molecule has 220 valence electrons. The second-order valence-electron chi connectivity index (χ2n) is 10.2. The van der Waals surface area contributed by atoms with Crippen LogP contribution in [0.15, 0.2) is 42.5 Å². The van der Waals surface area contributed by atoms with E-state index in [0.717, 1.165) is 11.8 Å². The third-order valence-electron chi connectivity index (χ3n) is 6.52. The molecule has 0 fully saturated rings. The lowest BCUT2D eigenvalue weighted by Gasteiger charge is -2.31. The Labute approximate surface area is 237 Å². The van der Waals surface area contributed by atoms with Crippen LogP contribution >= 0.6 is 0 Å². The molecule has 3 rings (SSSR count). The van der Waals surface area contributed by atoms with Crippen molar-refractivity contribution in [1.29, 1.82) is 0 Å². The maximum Gasteiger partial charge on any atom is 0.242 e. The maximum atomic E-state index is 13.6. The highest BCUT2D eigenvalue weighted by Gasteiger charge is 2.29. The Bertz CT molecular complexity index is 1270. The fourth-order valence-corrected chi connectivity index (χ4v) is 5.46. The molecule has 1 heterocycles. The van der Waals surface area contributed by atoms with E-state index in [0.29, 0.717) is 49.1 Å². The molecule has 1 aliphatic rings. The van der Waals surface area contributed by atoms with Crippen LogP contribution in [0.2, 0.25) is 0 Å². The molecule has 10 nitrogen and oxygen atoms in total. The van der Waals surface area contributed by atoms with Gasteiger partial charge < -0.3 is 24.4 Å². The largest absolute Gasteiger partial charge is 0.497 e. The first-order chi connectivity index (χ1) is 19.0. The first-order valence-electron chi connectivity index (χ1n) is 13.6. The van der Waals surface area contributed by atoms with Gasteiger partial charge in [0.25, 0.3) is 0 Å². The van der Waals surface area contributed by atoms with Crippen LogP contribution in [0.3, 0.4) is 0 Å². The van der Waals surface area contributed by atoms with E-state index in [9.17, 15) is 18.0 Å². The molecule has 0 unspecified atom stereocenters. The van der Waals surface area contributed by atoms with Crippen LogP contribution in [0.1, 0.15) is 45.6 Å². The Morgan fingerprint density at radius 3 is 2.45 bits per heavy atom. The highest BCUT2D eigenvalue weighted by atomic mass is 32.2. The molecule has 2 aromatic rings. The van der Waals surface area contributed by atoms with E-state index in [2.05, 4.69) is 5.32 Å². The SMILES string of the molecule is CC[C@H](C(=O)NCC(C)C)N(Cc1cccc(OC)c1)C(=O)CCCN(c1ccc2c(c1)OCCO2)S(C)(=O)=O. The number of ether oxygens (including phenoxy) is 3. The zero-order valence-electron chi connectivity index (χ0n) is 24.0. The van der Waals surface area contributed by atoms with Crippen LogP contribution in [0.5, 0.6) is 17.2 Å². The summed E-state index contributed by atoms with van der Waals surface area (Å²) in [6.45, 7) is 7.54. The van der Waals surface area contributed by atoms with E-state index >= 15 is 0 Å². The number of rotatable bonds is 14. The quantitative estimate of drug-likeness (QED) is 0.366. The number of hydrogen-bond donors (Lipinski definition) is 1. The Morgan fingerprint density at radius 1 is 1.07 bits per heavy atom. The van der Waals surface area contributed by atoms with Crippen molar-refractivity contribution in [2.75, 3.05) is 44.0 Å². The first kappa shape index (κ1) is 31.1. The average molecular weight is 576 g/mol. The number of anilines is 1. The molecule has 0 saturated heterocycles. The predicted molar refractivity (Wildman–Crippen MR) is 154 cm³/mol. The highest BCUT2D eigenvalue weighted by Crippen LogP contribution is 2.34. The summed E-state index contributed by atoms with van der Waals surface area (Å²) in [5.41, 5.74) is 1.27. The number of carbonyl (C=O) groups is 2. The lowest BCUT2D eigenvalue weighted by Crippen LogP contribution is -2.49. The van der Waals surface area contributed by atoms with E-state index in [-0.39, 0.29) is 43.7 Å². The van der Waals surface area contributed by atoms with Crippen LogP contribution in [-0.2, 0) is 26.2 Å². The number of fused-ring (bicyclic) bond motifs is 1. The first-order valence-corrected chi connectivity index (χ1v) is 15.5. The molecule has 1 N–H and O–H groups in total. The summed E-state index contributed by atoms with van der Waals surface area (Å²) in [7, 11) is -2.06. The monoisotopic (exact) mass is 575 g/mol. The highest BCUT2D eigenvalue weighted by molar-refractivity contribution is 7.92. The number of methoxy groups -OCH3 is 1. The number of nitrogens with zero attached hydrogens (tertiary/aromatic N) is 2. The smallest absolute Gasteiger partial charge is 0.242 e. The van der Waals surface area contributed by atoms with Gasteiger partial charge in [-0.25, -0.2) is 8.42 Å². The van der Waals surface area contributed by atoms with Crippen LogP contribution in [0, 0.1) is 5.92 Å². The van der Waals surface area contributed by atoms with E-state index in [4.69, 9.17) is 14.2 Å². The molecule has 2 aromatic carbocycles. The topological polar surface area (TPSA) is 114 Å². The summed E-state index contributed by atoms with van der Waals surface area (Å²) in [5, 5.41) is 2.95. The van der Waals surface area contributed by atoms with Gasteiger partial charge in [0.05, 0.1) is 19.1 Å². The van der Waals surface area contributed by atoms with E-state index in [1.54, 1.807) is 30.2 Å². The number of amides is 2. The standard InChI is InChI=1S/C29H41N3O7S/c1-6-25(29(34)30-19-21(2)3)31(20-22-9-7-10-24(17-22)37-4)28(33)11-8-14-32(40(5,35)36)23-12-13-26-27(18-23)39-16-15-38-26/h7,9-10,12-13,17-18,21,25H,6,8,11,14-16,19-20H2,1-5H3,(H,30,34)/t25-/m1/s1. The second kappa shape index (κ2) is 14.2. The zero-order valence-corrected chi connectivity index (χ0v) is 24.8. The number of carbonyl (C=O) groups excluding carboxylic acids is 2. The Balaban J connectivity index is 1.77. The normalized spacial score (nSPS) is 13.4. The summed E-state index contributed by atoms with van der Waals surface area (Å²) in [4.78, 5) is 28.3. The van der Waals surface area contributed by atoms with Crippen molar-refractivity contribution in [1.82, 2.24) is 10.2 Å². The van der Waals surface area contributed by atoms with Crippen LogP contribution in [0.25, 0.3) is 0 Å². The molecule has 0 radical (unpaired) electrons. The molecule has 2 amide bonds. The van der Waals surface area contributed by atoms with Crippen molar-refractivity contribution in [2.24, 2.45) is 5.92 Å². The van der Waals surface area contributed by atoms with Crippen molar-refractivity contribution in [3.63, 3.8) is 0 Å². The minimum atomic E-state index is -3.63. The van der Waals surface area contributed by atoms with Gasteiger partial charge in [-0.3, -0.25) is 13.9 Å². The molecular formula is C29H41N3O7S. The van der Waals surface area contributed by atoms with Crippen molar-refractivity contribution in [2.45, 2.75) is 52.6 Å². The summed E-state index contributed by atoms with van der Waals surface area (Å²) < 4.78 is 43.1. The van der Waals surface area contributed by atoms with Crippen molar-refractivity contribution >= 4 is 27.5 Å². The summed E-state index contributed by atoms with van der Waals surface area (Å²) in [5.74, 6) is 1.53. The van der Waals surface area contributed by atoms with Gasteiger partial charge in [-0.15, -0.1) is 0 Å². The fourth-order valence-electron chi connectivity index (χ4n) is 4.50. The van der Waals surface area contributed by atoms with Crippen molar-refractivity contribution < 1.29 is 32.2 Å². The van der Waals surface area contributed by atoms with E-state index in [1.165, 1.54) is 4.31 Å². The van der Waals surface area contributed by atoms with Crippen LogP contribution in [-0.4, -0.2) is 70.8 Å². The molecule has 1 atom stereocenters. The lowest BCUT2D eigenvalue weighted by atomic mass is 10.1. The van der Waals surface area contributed by atoms with Gasteiger partial charge in [0, 0.05) is 32.1 Å². The lowest BCUT2D eigenvalue weighted by molar-refractivity contribution is -0.141. The number of sulfonamides is 1. The minimum absolute atomic E-state index is 0.0640. The number of nitrogens with one attached hydrogen (secondary N) is 1. The van der Waals surface area contributed by atoms with Crippen LogP contribution < -0.4 is 23.8 Å². The van der Waals surface area contributed by atoms with Gasteiger partial charge in [-0.1, -0.05) is 32.9 Å². The van der Waals surface area contributed by atoms with Crippen molar-refractivity contribution in [3.05, 3.63) is 48.0 Å². The second-order valence-corrected chi connectivity index (χ2v) is 12.1. The number of hydrogen-bond acceptors (Lipinski definition) is 7. The molecule has 11 heteroatoms. The van der Waals surface area contributed by atoms with Crippen molar-refractivity contribution in [3.8, 4) is 17.2 Å². The molecule has 40 heavy (non-hydrogen) atoms. The minimum Gasteiger partial charge on any atom is -0.497 e. The van der Waals surface area contributed by atoms with E-state index in [1.807, 2.05) is 45.0 Å². The molecule has 0 aromatic heterocycles. The molecule has 0 spiro atoms. The summed E-state index contributed by atoms with van der Waals surface area (Å²) in [6, 6.07) is 11.7. The Morgan fingerprint density at radius 2 is 1.80 bits per heavy atom. The third-order valence-corrected chi connectivity index (χ3v) is 7.72. The Hall–Kier alpha value is -3.47. The molecule has 1 aliphatic heterocycles. The molecule has 0 aliphatic carbocycles. The van der Waals surface area contributed by atoms with Gasteiger partial charge in [0.2, 0.25) is 21.8 Å². The average Bonchev–Trinajstić information content (AvgIpc) is 2.93. The van der Waals surface area contributed by atoms with Gasteiger partial charge in [-0.2, -0.15) is 0 Å². The molecule has 0 saturated carbocycles. The summed E-state index contributed by atoms with van der Waals surface area (Å²) >= 11 is 0. The zero-order chi connectivity index (χ0) is 29.3. The third kappa shape index (κ3) is 8.51. The van der Waals surface area contributed by atoms with Gasteiger partial charge in [0.15, 0.2) is 11.5 Å². The summed E-state index contributed by atoms with van der Waals surface area (Å²) in [6.07, 6.45) is 1.90. The maximum absolute atomic E-state index is 13.6. The van der Waals surface area contributed by atoms with Gasteiger partial charge in [0.1, 0.15) is 25.0 Å². The number of benzene rings is 2. The van der Waals surface area contributed by atoms with Gasteiger partial charge in [-0.05, 0) is 48.6 Å². The molecule has 0 bridgehead atoms.